The van der Waals surface area contributed by atoms with Gasteiger partial charge in [-0.15, -0.1) is 11.3 Å². The number of rotatable bonds is 3. The molecule has 1 amide bonds. The molecule has 5 heteroatoms. The van der Waals surface area contributed by atoms with Crippen LogP contribution in [0.15, 0.2) is 73.1 Å². The Labute approximate surface area is 142 Å². The highest BCUT2D eigenvalue weighted by molar-refractivity contribution is 7.17. The summed E-state index contributed by atoms with van der Waals surface area (Å²) < 4.78 is 0. The lowest BCUT2D eigenvalue weighted by Gasteiger charge is -2.05. The number of hydrogen-bond acceptors (Lipinski definition) is 4. The van der Waals surface area contributed by atoms with Crippen LogP contribution >= 0.6 is 11.3 Å². The minimum Gasteiger partial charge on any atom is -0.321 e. The van der Waals surface area contributed by atoms with Crippen molar-refractivity contribution in [1.29, 1.82) is 0 Å². The molecule has 4 rings (SSSR count). The van der Waals surface area contributed by atoms with Crippen molar-refractivity contribution in [1.82, 2.24) is 9.97 Å². The zero-order valence-corrected chi connectivity index (χ0v) is 13.5. The highest BCUT2D eigenvalue weighted by Crippen LogP contribution is 2.27. The van der Waals surface area contributed by atoms with E-state index in [9.17, 15) is 4.79 Å². The molecule has 0 bridgehead atoms. The van der Waals surface area contributed by atoms with E-state index in [2.05, 4.69) is 15.3 Å². The number of fused-ring (bicyclic) bond motifs is 1. The maximum Gasteiger partial charge on any atom is 0.265 e. The molecule has 0 atom stereocenters. The van der Waals surface area contributed by atoms with Crippen LogP contribution in [0.4, 0.5) is 5.69 Å². The van der Waals surface area contributed by atoms with Gasteiger partial charge in [0.1, 0.15) is 0 Å². The molecule has 1 N–H and O–H groups in total. The minimum atomic E-state index is -0.120. The average molecular weight is 331 g/mol. The summed E-state index contributed by atoms with van der Waals surface area (Å²) in [6.07, 6.45) is 3.50. The Morgan fingerprint density at radius 3 is 2.71 bits per heavy atom. The summed E-state index contributed by atoms with van der Waals surface area (Å²) in [5.41, 5.74) is 2.54. The van der Waals surface area contributed by atoms with Gasteiger partial charge in [0.25, 0.3) is 5.91 Å². The van der Waals surface area contributed by atoms with Crippen molar-refractivity contribution in [2.24, 2.45) is 0 Å². The molecule has 3 heterocycles. The van der Waals surface area contributed by atoms with Crippen molar-refractivity contribution in [3.63, 3.8) is 0 Å². The normalized spacial score (nSPS) is 10.7. The molecule has 4 nitrogen and oxygen atoms in total. The second kappa shape index (κ2) is 6.22. The molecular formula is C19H13N3OS. The van der Waals surface area contributed by atoms with E-state index in [1.807, 2.05) is 60.7 Å². The predicted octanol–water partition coefficient (Wildman–Crippen LogP) is 4.61. The van der Waals surface area contributed by atoms with Crippen LogP contribution in [-0.4, -0.2) is 15.9 Å². The predicted molar refractivity (Wildman–Crippen MR) is 97.2 cm³/mol. The fourth-order valence-electron chi connectivity index (χ4n) is 2.45. The number of carbonyl (C=O) groups excluding carboxylic acids is 1. The van der Waals surface area contributed by atoms with Crippen LogP contribution < -0.4 is 5.32 Å². The molecule has 0 fully saturated rings. The second-order valence-electron chi connectivity index (χ2n) is 5.24. The number of nitrogens with one attached hydrogen (secondary N) is 1. The van der Waals surface area contributed by atoms with Crippen molar-refractivity contribution in [3.05, 3.63) is 77.9 Å². The van der Waals surface area contributed by atoms with Crippen molar-refractivity contribution in [3.8, 4) is 10.6 Å². The first-order valence-electron chi connectivity index (χ1n) is 7.47. The van der Waals surface area contributed by atoms with Crippen LogP contribution in [0.3, 0.4) is 0 Å². The highest BCUT2D eigenvalue weighted by atomic mass is 32.1. The van der Waals surface area contributed by atoms with E-state index in [0.29, 0.717) is 4.88 Å². The van der Waals surface area contributed by atoms with Crippen molar-refractivity contribution in [2.45, 2.75) is 0 Å². The van der Waals surface area contributed by atoms with Gasteiger partial charge < -0.3 is 5.32 Å². The smallest absolute Gasteiger partial charge is 0.265 e. The molecule has 0 aliphatic heterocycles. The third kappa shape index (κ3) is 2.89. The van der Waals surface area contributed by atoms with Gasteiger partial charge in [0.15, 0.2) is 0 Å². The third-order valence-corrected chi connectivity index (χ3v) is 4.71. The summed E-state index contributed by atoms with van der Waals surface area (Å²) in [5, 5.41) is 3.93. The Kier molecular flexibility index (Phi) is 3.76. The molecule has 0 saturated carbocycles. The monoisotopic (exact) mass is 331 g/mol. The van der Waals surface area contributed by atoms with Crippen LogP contribution in [0.25, 0.3) is 21.5 Å². The molecular weight excluding hydrogens is 318 g/mol. The van der Waals surface area contributed by atoms with E-state index in [0.717, 1.165) is 27.2 Å². The Morgan fingerprint density at radius 1 is 0.917 bits per heavy atom. The number of hydrogen-bond donors (Lipinski definition) is 1. The van der Waals surface area contributed by atoms with Crippen LogP contribution in [0.5, 0.6) is 0 Å². The lowest BCUT2D eigenvalue weighted by atomic mass is 10.2. The fourth-order valence-corrected chi connectivity index (χ4v) is 3.33. The summed E-state index contributed by atoms with van der Waals surface area (Å²) in [6, 6.07) is 19.0. The lowest BCUT2D eigenvalue weighted by molar-refractivity contribution is 0.103. The average Bonchev–Trinajstić information content (AvgIpc) is 3.13. The highest BCUT2D eigenvalue weighted by Gasteiger charge is 2.11. The molecule has 3 aromatic heterocycles. The van der Waals surface area contributed by atoms with Crippen LogP contribution in [0.1, 0.15) is 9.67 Å². The minimum absolute atomic E-state index is 0.120. The van der Waals surface area contributed by atoms with Crippen molar-refractivity contribution < 1.29 is 4.79 Å². The Bertz CT molecular complexity index is 1010. The second-order valence-corrected chi connectivity index (χ2v) is 6.33. The van der Waals surface area contributed by atoms with Gasteiger partial charge >= 0.3 is 0 Å². The number of amides is 1. The van der Waals surface area contributed by atoms with Crippen LogP contribution in [0.2, 0.25) is 0 Å². The molecule has 0 unspecified atom stereocenters. The maximum absolute atomic E-state index is 12.5. The number of aromatic nitrogens is 2. The zero-order valence-electron chi connectivity index (χ0n) is 12.6. The van der Waals surface area contributed by atoms with E-state index in [1.165, 1.54) is 11.3 Å². The van der Waals surface area contributed by atoms with E-state index in [1.54, 1.807) is 12.4 Å². The van der Waals surface area contributed by atoms with E-state index >= 15 is 0 Å². The summed E-state index contributed by atoms with van der Waals surface area (Å²) in [4.78, 5) is 22.7. The Hall–Kier alpha value is -3.05. The largest absolute Gasteiger partial charge is 0.321 e. The summed E-state index contributed by atoms with van der Waals surface area (Å²) in [6.45, 7) is 0. The molecule has 0 saturated heterocycles. The van der Waals surface area contributed by atoms with Gasteiger partial charge in [0.2, 0.25) is 0 Å². The van der Waals surface area contributed by atoms with E-state index in [-0.39, 0.29) is 5.91 Å². The molecule has 0 aliphatic carbocycles. The molecule has 0 radical (unpaired) electrons. The molecule has 116 valence electrons. The van der Waals surface area contributed by atoms with Gasteiger partial charge in [0, 0.05) is 23.5 Å². The number of anilines is 1. The number of carbonyl (C=O) groups is 1. The SMILES string of the molecule is O=C(Nc1ccc2ncccc2c1)c1ccc(-c2ccccn2)s1. The van der Waals surface area contributed by atoms with E-state index in [4.69, 9.17) is 0 Å². The fraction of sp³-hybridized carbons (Fsp3) is 0. The molecule has 0 aliphatic rings. The molecule has 24 heavy (non-hydrogen) atoms. The van der Waals surface area contributed by atoms with Crippen molar-refractivity contribution >= 4 is 33.8 Å². The number of thiophene rings is 1. The zero-order chi connectivity index (χ0) is 16.4. The first kappa shape index (κ1) is 14.5. The van der Waals surface area contributed by atoms with E-state index < -0.39 is 0 Å². The Morgan fingerprint density at radius 2 is 1.83 bits per heavy atom. The van der Waals surface area contributed by atoms with Crippen LogP contribution in [-0.2, 0) is 0 Å². The van der Waals surface area contributed by atoms with Gasteiger partial charge in [-0.2, -0.15) is 0 Å². The molecule has 0 spiro atoms. The van der Waals surface area contributed by atoms with Gasteiger partial charge in [-0.1, -0.05) is 12.1 Å². The van der Waals surface area contributed by atoms with Gasteiger partial charge in [-0.25, -0.2) is 0 Å². The summed E-state index contributed by atoms with van der Waals surface area (Å²) >= 11 is 1.43. The first-order chi connectivity index (χ1) is 11.8. The summed E-state index contributed by atoms with van der Waals surface area (Å²) in [7, 11) is 0. The van der Waals surface area contributed by atoms with Crippen LogP contribution in [0, 0.1) is 0 Å². The van der Waals surface area contributed by atoms with Gasteiger partial charge in [-0.05, 0) is 48.5 Å². The summed E-state index contributed by atoms with van der Waals surface area (Å²) in [5.74, 6) is -0.120. The third-order valence-electron chi connectivity index (χ3n) is 3.61. The lowest BCUT2D eigenvalue weighted by Crippen LogP contribution is -2.09. The van der Waals surface area contributed by atoms with Gasteiger partial charge in [-0.3, -0.25) is 14.8 Å². The van der Waals surface area contributed by atoms with Crippen molar-refractivity contribution in [2.75, 3.05) is 5.32 Å². The first-order valence-corrected chi connectivity index (χ1v) is 8.29. The standard InChI is InChI=1S/C19H13N3OS/c23-19(18-9-8-17(24-18)16-5-1-2-10-21-16)22-14-6-7-15-13(12-14)4-3-11-20-15/h1-12H,(H,22,23). The topological polar surface area (TPSA) is 54.9 Å². The molecule has 4 aromatic rings. The number of benzene rings is 1. The quantitative estimate of drug-likeness (QED) is 0.596. The number of pyridine rings is 2. The molecule has 1 aromatic carbocycles. The van der Waals surface area contributed by atoms with Gasteiger partial charge in [0.05, 0.1) is 21.0 Å². The maximum atomic E-state index is 12.5. The number of nitrogens with zero attached hydrogens (tertiary/aromatic N) is 2. The Balaban J connectivity index is 1.56.